The Balaban J connectivity index is 3.28. The van der Waals surface area contributed by atoms with Crippen LogP contribution in [-0.2, 0) is 0 Å². The van der Waals surface area contributed by atoms with Gasteiger partial charge in [-0.3, -0.25) is 0 Å². The summed E-state index contributed by atoms with van der Waals surface area (Å²) in [6.07, 6.45) is -1.72. The SMILES string of the molecule is C=C(C=CC)C(=Nc1ccccc1C)C(F)(F)F. The number of aryl methyl sites for hydroxylation is 1. The molecule has 0 saturated heterocycles. The zero-order valence-electron chi connectivity index (χ0n) is 10.3. The highest BCUT2D eigenvalue weighted by atomic mass is 19.4. The van der Waals surface area contributed by atoms with Gasteiger partial charge in [0.2, 0.25) is 0 Å². The molecule has 1 nitrogen and oxygen atoms in total. The van der Waals surface area contributed by atoms with E-state index in [0.29, 0.717) is 11.3 Å². The van der Waals surface area contributed by atoms with E-state index >= 15 is 0 Å². The van der Waals surface area contributed by atoms with Gasteiger partial charge >= 0.3 is 6.18 Å². The van der Waals surface area contributed by atoms with Crippen LogP contribution in [0.1, 0.15) is 12.5 Å². The molecule has 0 amide bonds. The van der Waals surface area contributed by atoms with E-state index in [9.17, 15) is 13.2 Å². The third-order valence-corrected chi connectivity index (χ3v) is 2.29. The van der Waals surface area contributed by atoms with Crippen LogP contribution in [0.5, 0.6) is 0 Å². The Kier molecular flexibility index (Phi) is 4.48. The van der Waals surface area contributed by atoms with Crippen molar-refractivity contribution >= 4 is 11.4 Å². The maximum Gasteiger partial charge on any atom is 0.433 e. The quantitative estimate of drug-likeness (QED) is 0.544. The maximum absolute atomic E-state index is 12.9. The van der Waals surface area contributed by atoms with Crippen molar-refractivity contribution in [1.82, 2.24) is 0 Å². The molecular weight excluding hydrogens is 239 g/mol. The molecule has 0 heterocycles. The fraction of sp³-hybridized carbons (Fsp3) is 0.214. The summed E-state index contributed by atoms with van der Waals surface area (Å²) in [7, 11) is 0. The molecule has 1 rings (SSSR count). The van der Waals surface area contributed by atoms with Crippen LogP contribution in [-0.4, -0.2) is 11.9 Å². The molecule has 0 spiro atoms. The van der Waals surface area contributed by atoms with Crippen molar-refractivity contribution in [2.45, 2.75) is 20.0 Å². The van der Waals surface area contributed by atoms with Crippen LogP contribution in [0, 0.1) is 6.92 Å². The lowest BCUT2D eigenvalue weighted by molar-refractivity contribution is -0.0580. The second-order valence-corrected chi connectivity index (χ2v) is 3.77. The molecule has 0 radical (unpaired) electrons. The lowest BCUT2D eigenvalue weighted by Gasteiger charge is -2.11. The van der Waals surface area contributed by atoms with E-state index in [2.05, 4.69) is 11.6 Å². The Labute approximate surface area is 104 Å². The Morgan fingerprint density at radius 3 is 2.39 bits per heavy atom. The van der Waals surface area contributed by atoms with Crippen molar-refractivity contribution in [2.24, 2.45) is 4.99 Å². The molecule has 0 unspecified atom stereocenters. The molecule has 0 aliphatic rings. The first-order valence-electron chi connectivity index (χ1n) is 5.39. The minimum absolute atomic E-state index is 0.145. The van der Waals surface area contributed by atoms with Crippen LogP contribution in [0.4, 0.5) is 18.9 Å². The van der Waals surface area contributed by atoms with E-state index in [1.807, 2.05) is 0 Å². The van der Waals surface area contributed by atoms with E-state index in [1.165, 1.54) is 12.2 Å². The molecule has 0 atom stereocenters. The molecule has 18 heavy (non-hydrogen) atoms. The zero-order chi connectivity index (χ0) is 13.8. The summed E-state index contributed by atoms with van der Waals surface area (Å²) >= 11 is 0. The molecule has 0 aliphatic carbocycles. The van der Waals surface area contributed by atoms with Crippen molar-refractivity contribution in [3.8, 4) is 0 Å². The fourth-order valence-electron chi connectivity index (χ4n) is 1.41. The summed E-state index contributed by atoms with van der Waals surface area (Å²) in [6.45, 7) is 6.74. The van der Waals surface area contributed by atoms with Crippen LogP contribution in [0.2, 0.25) is 0 Å². The van der Waals surface area contributed by atoms with E-state index in [-0.39, 0.29) is 5.57 Å². The number of hydrogen-bond acceptors (Lipinski definition) is 1. The Hall–Kier alpha value is -1.84. The maximum atomic E-state index is 12.9. The Morgan fingerprint density at radius 2 is 1.89 bits per heavy atom. The van der Waals surface area contributed by atoms with Crippen molar-refractivity contribution in [1.29, 1.82) is 0 Å². The molecule has 96 valence electrons. The van der Waals surface area contributed by atoms with Gasteiger partial charge in [-0.1, -0.05) is 36.9 Å². The Bertz CT molecular complexity index is 496. The van der Waals surface area contributed by atoms with Gasteiger partial charge in [-0.15, -0.1) is 0 Å². The number of hydrogen-bond donors (Lipinski definition) is 0. The predicted octanol–water partition coefficient (Wildman–Crippen LogP) is 4.76. The molecule has 4 heteroatoms. The van der Waals surface area contributed by atoms with Gasteiger partial charge in [0, 0.05) is 0 Å². The van der Waals surface area contributed by atoms with Crippen molar-refractivity contribution in [3.63, 3.8) is 0 Å². The first-order valence-corrected chi connectivity index (χ1v) is 5.39. The van der Waals surface area contributed by atoms with Gasteiger partial charge in [0.1, 0.15) is 0 Å². The number of rotatable bonds is 3. The van der Waals surface area contributed by atoms with Crippen molar-refractivity contribution in [3.05, 3.63) is 54.1 Å². The van der Waals surface area contributed by atoms with Gasteiger partial charge < -0.3 is 0 Å². The van der Waals surface area contributed by atoms with Gasteiger partial charge in [-0.05, 0) is 31.1 Å². The van der Waals surface area contributed by atoms with Gasteiger partial charge in [-0.2, -0.15) is 13.2 Å². The normalized spacial score (nSPS) is 13.1. The van der Waals surface area contributed by atoms with Crippen LogP contribution >= 0.6 is 0 Å². The average molecular weight is 253 g/mol. The standard InChI is InChI=1S/C14H14F3N/c1-4-7-11(3)13(14(15,16)17)18-12-9-6-5-8-10(12)2/h4-9H,3H2,1-2H3. The minimum Gasteiger partial charge on any atom is -0.243 e. The molecule has 0 aliphatic heterocycles. The number of halogens is 3. The second-order valence-electron chi connectivity index (χ2n) is 3.77. The number of alkyl halides is 3. The number of aliphatic imine (C=N–C) groups is 1. The molecule has 1 aromatic rings. The summed E-state index contributed by atoms with van der Waals surface area (Å²) in [6, 6.07) is 6.66. The van der Waals surface area contributed by atoms with E-state index in [0.717, 1.165) is 0 Å². The number of benzene rings is 1. The van der Waals surface area contributed by atoms with Gasteiger partial charge in [0.05, 0.1) is 5.69 Å². The van der Waals surface area contributed by atoms with E-state index in [1.54, 1.807) is 38.1 Å². The highest BCUT2D eigenvalue weighted by Gasteiger charge is 2.36. The smallest absolute Gasteiger partial charge is 0.243 e. The molecule has 0 saturated carbocycles. The monoisotopic (exact) mass is 253 g/mol. The highest BCUT2D eigenvalue weighted by Crippen LogP contribution is 2.27. The summed E-state index contributed by atoms with van der Waals surface area (Å²) in [5.74, 6) is 0. The summed E-state index contributed by atoms with van der Waals surface area (Å²) in [5.41, 5.74) is -0.119. The van der Waals surface area contributed by atoms with Crippen LogP contribution in [0.15, 0.2) is 53.6 Å². The van der Waals surface area contributed by atoms with Crippen LogP contribution < -0.4 is 0 Å². The molecule has 0 N–H and O–H groups in total. The van der Waals surface area contributed by atoms with Gasteiger partial charge in [0.25, 0.3) is 0 Å². The van der Waals surface area contributed by atoms with Gasteiger partial charge in [0.15, 0.2) is 5.71 Å². The summed E-state index contributed by atoms with van der Waals surface area (Å²) < 4.78 is 38.7. The minimum atomic E-state index is -4.52. The molecule has 0 bridgehead atoms. The van der Waals surface area contributed by atoms with E-state index < -0.39 is 11.9 Å². The first-order chi connectivity index (χ1) is 8.36. The largest absolute Gasteiger partial charge is 0.433 e. The summed E-state index contributed by atoms with van der Waals surface area (Å²) in [4.78, 5) is 3.69. The Morgan fingerprint density at radius 1 is 1.28 bits per heavy atom. The third kappa shape index (κ3) is 3.58. The molecular formula is C14H14F3N. The van der Waals surface area contributed by atoms with Crippen LogP contribution in [0.25, 0.3) is 0 Å². The third-order valence-electron chi connectivity index (χ3n) is 2.29. The van der Waals surface area contributed by atoms with E-state index in [4.69, 9.17) is 0 Å². The number of nitrogens with zero attached hydrogens (tertiary/aromatic N) is 1. The number of para-hydroxylation sites is 1. The lowest BCUT2D eigenvalue weighted by Crippen LogP contribution is -2.23. The van der Waals surface area contributed by atoms with Crippen molar-refractivity contribution in [2.75, 3.05) is 0 Å². The number of allylic oxidation sites excluding steroid dienone is 3. The summed E-state index contributed by atoms with van der Waals surface area (Å²) in [5, 5.41) is 0. The second kappa shape index (κ2) is 5.67. The molecule has 0 fully saturated rings. The first kappa shape index (κ1) is 14.2. The topological polar surface area (TPSA) is 12.4 Å². The molecule has 1 aromatic carbocycles. The predicted molar refractivity (Wildman–Crippen MR) is 68.3 cm³/mol. The van der Waals surface area contributed by atoms with Crippen molar-refractivity contribution < 1.29 is 13.2 Å². The lowest BCUT2D eigenvalue weighted by atomic mass is 10.1. The zero-order valence-corrected chi connectivity index (χ0v) is 10.3. The fourth-order valence-corrected chi connectivity index (χ4v) is 1.41. The molecule has 0 aromatic heterocycles. The van der Waals surface area contributed by atoms with Crippen LogP contribution in [0.3, 0.4) is 0 Å². The highest BCUT2D eigenvalue weighted by molar-refractivity contribution is 6.07. The van der Waals surface area contributed by atoms with Gasteiger partial charge in [-0.25, -0.2) is 4.99 Å². The average Bonchev–Trinajstić information content (AvgIpc) is 2.26.